The van der Waals surface area contributed by atoms with Gasteiger partial charge in [-0.1, -0.05) is 23.9 Å². The average molecular weight is 313 g/mol. The number of amidine groups is 1. The van der Waals surface area contributed by atoms with Crippen LogP contribution in [-0.4, -0.2) is 5.84 Å². The van der Waals surface area contributed by atoms with E-state index in [0.29, 0.717) is 0 Å². The highest BCUT2D eigenvalue weighted by molar-refractivity contribution is 9.10. The Hall–Kier alpha value is -0.780. The van der Waals surface area contributed by atoms with E-state index in [9.17, 15) is 0 Å². The van der Waals surface area contributed by atoms with Crippen LogP contribution in [0.2, 0.25) is 0 Å². The third kappa shape index (κ3) is 2.48. The van der Waals surface area contributed by atoms with Gasteiger partial charge >= 0.3 is 0 Å². The molecule has 5 heteroatoms. The predicted octanol–water partition coefficient (Wildman–Crippen LogP) is 3.95. The topological polar surface area (TPSA) is 49.9 Å². The minimum Gasteiger partial charge on any atom is -0.384 e. The summed E-state index contributed by atoms with van der Waals surface area (Å²) in [7, 11) is 0. The Morgan fingerprint density at radius 3 is 2.75 bits per heavy atom. The number of benzene rings is 1. The van der Waals surface area contributed by atoms with Crippen molar-refractivity contribution < 1.29 is 0 Å². The SMILES string of the molecule is N=C(N)c1c(Br)cccc1Sc1cccs1. The normalized spacial score (nSPS) is 10.3. The van der Waals surface area contributed by atoms with Crippen LogP contribution < -0.4 is 5.73 Å². The van der Waals surface area contributed by atoms with Gasteiger partial charge in [0.1, 0.15) is 5.84 Å². The van der Waals surface area contributed by atoms with Crippen LogP contribution in [0.25, 0.3) is 0 Å². The predicted molar refractivity (Wildman–Crippen MR) is 73.6 cm³/mol. The van der Waals surface area contributed by atoms with Crippen LogP contribution in [0.4, 0.5) is 0 Å². The fourth-order valence-electron chi connectivity index (χ4n) is 1.28. The van der Waals surface area contributed by atoms with Crippen LogP contribution in [0, 0.1) is 5.41 Å². The van der Waals surface area contributed by atoms with Crippen molar-refractivity contribution in [3.63, 3.8) is 0 Å². The van der Waals surface area contributed by atoms with Crippen molar-refractivity contribution in [2.24, 2.45) is 5.73 Å². The molecule has 0 aliphatic heterocycles. The summed E-state index contributed by atoms with van der Waals surface area (Å²) in [5, 5.41) is 9.62. The van der Waals surface area contributed by atoms with Crippen LogP contribution in [-0.2, 0) is 0 Å². The molecule has 0 aliphatic rings. The number of nitrogen functional groups attached to an aromatic ring is 1. The highest BCUT2D eigenvalue weighted by Crippen LogP contribution is 2.35. The average Bonchev–Trinajstić information content (AvgIpc) is 2.70. The third-order valence-electron chi connectivity index (χ3n) is 1.95. The quantitative estimate of drug-likeness (QED) is 0.666. The van der Waals surface area contributed by atoms with E-state index in [1.165, 1.54) is 4.21 Å². The second kappa shape index (κ2) is 5.03. The first kappa shape index (κ1) is 11.7. The van der Waals surface area contributed by atoms with Gasteiger partial charge in [-0.15, -0.1) is 11.3 Å². The van der Waals surface area contributed by atoms with Gasteiger partial charge < -0.3 is 5.73 Å². The summed E-state index contributed by atoms with van der Waals surface area (Å²) >= 11 is 6.73. The molecule has 2 rings (SSSR count). The third-order valence-corrected chi connectivity index (χ3v) is 4.71. The number of thiophene rings is 1. The molecule has 0 saturated heterocycles. The molecule has 3 N–H and O–H groups in total. The van der Waals surface area contributed by atoms with Crippen molar-refractivity contribution >= 4 is 44.9 Å². The second-order valence-electron chi connectivity index (χ2n) is 3.06. The summed E-state index contributed by atoms with van der Waals surface area (Å²) in [6.07, 6.45) is 0. The first-order valence-electron chi connectivity index (χ1n) is 4.53. The van der Waals surface area contributed by atoms with Crippen LogP contribution >= 0.6 is 39.0 Å². The van der Waals surface area contributed by atoms with Crippen LogP contribution in [0.15, 0.2) is 49.3 Å². The Kier molecular flexibility index (Phi) is 3.68. The fraction of sp³-hybridized carbons (Fsp3) is 0. The molecule has 16 heavy (non-hydrogen) atoms. The maximum absolute atomic E-state index is 7.58. The maximum Gasteiger partial charge on any atom is 0.125 e. The van der Waals surface area contributed by atoms with E-state index < -0.39 is 0 Å². The Morgan fingerprint density at radius 1 is 1.31 bits per heavy atom. The highest BCUT2D eigenvalue weighted by Gasteiger charge is 2.10. The van der Waals surface area contributed by atoms with Gasteiger partial charge in [0.15, 0.2) is 0 Å². The standard InChI is InChI=1S/C11H9BrN2S2/c12-7-3-1-4-8(10(7)11(13)14)16-9-5-2-6-15-9/h1-6H,(H3,13,14). The molecule has 0 bridgehead atoms. The first-order chi connectivity index (χ1) is 7.68. The molecule has 1 aromatic heterocycles. The fourth-order valence-corrected chi connectivity index (χ4v) is 3.90. The summed E-state index contributed by atoms with van der Waals surface area (Å²) in [5.41, 5.74) is 6.35. The smallest absolute Gasteiger partial charge is 0.125 e. The highest BCUT2D eigenvalue weighted by atomic mass is 79.9. The van der Waals surface area contributed by atoms with E-state index >= 15 is 0 Å². The van der Waals surface area contributed by atoms with Gasteiger partial charge in [-0.05, 0) is 39.5 Å². The summed E-state index contributed by atoms with van der Waals surface area (Å²) in [6.45, 7) is 0. The van der Waals surface area contributed by atoms with E-state index in [0.717, 1.165) is 14.9 Å². The Balaban J connectivity index is 2.40. The minimum absolute atomic E-state index is 0.0894. The lowest BCUT2D eigenvalue weighted by molar-refractivity contribution is 1.32. The molecule has 0 aliphatic carbocycles. The first-order valence-corrected chi connectivity index (χ1v) is 7.01. The second-order valence-corrected chi connectivity index (χ2v) is 6.21. The summed E-state index contributed by atoms with van der Waals surface area (Å²) in [5.74, 6) is 0.0894. The summed E-state index contributed by atoms with van der Waals surface area (Å²) in [4.78, 5) is 1.00. The van der Waals surface area contributed by atoms with Crippen LogP contribution in [0.5, 0.6) is 0 Å². The summed E-state index contributed by atoms with van der Waals surface area (Å²) < 4.78 is 2.06. The molecular formula is C11H9BrN2S2. The Labute approximate surface area is 111 Å². The molecule has 1 heterocycles. The van der Waals surface area contributed by atoms with Crippen LogP contribution in [0.1, 0.15) is 5.56 Å². The van der Waals surface area contributed by atoms with Gasteiger partial charge in [0.2, 0.25) is 0 Å². The zero-order valence-electron chi connectivity index (χ0n) is 8.24. The van der Waals surface area contributed by atoms with Gasteiger partial charge in [0, 0.05) is 14.9 Å². The number of halogens is 1. The molecule has 0 saturated carbocycles. The van der Waals surface area contributed by atoms with Crippen molar-refractivity contribution in [2.75, 3.05) is 0 Å². The molecule has 0 fully saturated rings. The molecular weight excluding hydrogens is 304 g/mol. The maximum atomic E-state index is 7.58. The zero-order chi connectivity index (χ0) is 11.5. The van der Waals surface area contributed by atoms with Crippen molar-refractivity contribution in [3.8, 4) is 0 Å². The number of rotatable bonds is 3. The zero-order valence-corrected chi connectivity index (χ0v) is 11.5. The van der Waals surface area contributed by atoms with E-state index in [2.05, 4.69) is 22.0 Å². The van der Waals surface area contributed by atoms with Gasteiger partial charge in [0.25, 0.3) is 0 Å². The molecule has 0 amide bonds. The van der Waals surface area contributed by atoms with Gasteiger partial charge in [-0.3, -0.25) is 5.41 Å². The number of nitrogens with one attached hydrogen (secondary N) is 1. The van der Waals surface area contributed by atoms with E-state index in [4.69, 9.17) is 11.1 Å². The number of hydrogen-bond acceptors (Lipinski definition) is 3. The molecule has 1 aromatic carbocycles. The monoisotopic (exact) mass is 312 g/mol. The van der Waals surface area contributed by atoms with Gasteiger partial charge in [-0.25, -0.2) is 0 Å². The minimum atomic E-state index is 0.0894. The Morgan fingerprint density at radius 2 is 2.12 bits per heavy atom. The van der Waals surface area contributed by atoms with Crippen LogP contribution in [0.3, 0.4) is 0 Å². The summed E-state index contributed by atoms with van der Waals surface area (Å²) in [6, 6.07) is 9.89. The Bertz CT molecular complexity index is 509. The lowest BCUT2D eigenvalue weighted by Crippen LogP contribution is -2.13. The molecule has 0 atom stereocenters. The van der Waals surface area contributed by atoms with E-state index in [1.807, 2.05) is 29.6 Å². The van der Waals surface area contributed by atoms with Crippen molar-refractivity contribution in [1.29, 1.82) is 5.41 Å². The van der Waals surface area contributed by atoms with E-state index in [1.54, 1.807) is 23.1 Å². The van der Waals surface area contributed by atoms with Crippen molar-refractivity contribution in [3.05, 3.63) is 45.7 Å². The largest absolute Gasteiger partial charge is 0.384 e. The van der Waals surface area contributed by atoms with Gasteiger partial charge in [0.05, 0.1) is 4.21 Å². The van der Waals surface area contributed by atoms with Crippen molar-refractivity contribution in [2.45, 2.75) is 9.10 Å². The molecule has 2 aromatic rings. The number of nitrogens with two attached hydrogens (primary N) is 1. The lowest BCUT2D eigenvalue weighted by atomic mass is 10.2. The number of hydrogen-bond donors (Lipinski definition) is 2. The molecule has 0 spiro atoms. The van der Waals surface area contributed by atoms with E-state index in [-0.39, 0.29) is 5.84 Å². The van der Waals surface area contributed by atoms with Gasteiger partial charge in [-0.2, -0.15) is 0 Å². The molecule has 0 radical (unpaired) electrons. The molecule has 82 valence electrons. The van der Waals surface area contributed by atoms with Crippen molar-refractivity contribution in [1.82, 2.24) is 0 Å². The molecule has 0 unspecified atom stereocenters. The molecule has 2 nitrogen and oxygen atoms in total. The lowest BCUT2D eigenvalue weighted by Gasteiger charge is -2.08.